The molecule has 1 unspecified atom stereocenters. The van der Waals surface area contributed by atoms with Gasteiger partial charge in [-0.25, -0.2) is 8.42 Å². The lowest BCUT2D eigenvalue weighted by Crippen LogP contribution is -2.46. The molecule has 31 heavy (non-hydrogen) atoms. The highest BCUT2D eigenvalue weighted by Crippen LogP contribution is 2.31. The van der Waals surface area contributed by atoms with Gasteiger partial charge in [0.25, 0.3) is 5.91 Å². The van der Waals surface area contributed by atoms with E-state index in [1.54, 1.807) is 18.2 Å². The van der Waals surface area contributed by atoms with E-state index in [0.717, 1.165) is 38.4 Å². The average Bonchev–Trinajstić information content (AvgIpc) is 2.80. The molecule has 2 fully saturated rings. The van der Waals surface area contributed by atoms with Crippen LogP contribution in [-0.2, 0) is 24.3 Å². The van der Waals surface area contributed by atoms with Crippen molar-refractivity contribution in [3.8, 4) is 0 Å². The van der Waals surface area contributed by atoms with Crippen molar-refractivity contribution >= 4 is 27.3 Å². The summed E-state index contributed by atoms with van der Waals surface area (Å²) in [4.78, 5) is 17.5. The summed E-state index contributed by atoms with van der Waals surface area (Å²) in [6, 6.07) is 4.99. The van der Waals surface area contributed by atoms with Crippen molar-refractivity contribution in [1.29, 1.82) is 0 Å². The van der Waals surface area contributed by atoms with E-state index in [-0.39, 0.29) is 17.4 Å². The number of sulfonamides is 1. The molecule has 3 rings (SSSR count). The number of nitrogens with zero attached hydrogens (tertiary/aromatic N) is 3. The molecule has 1 aromatic rings. The number of carbonyl (C=O) groups is 1. The first-order valence-corrected chi connectivity index (χ1v) is 12.5. The summed E-state index contributed by atoms with van der Waals surface area (Å²) in [5, 5.41) is 2.91. The first-order chi connectivity index (χ1) is 14.9. The Kier molecular flexibility index (Phi) is 8.29. The smallest absolute Gasteiger partial charge is 0.255 e. The first-order valence-electron chi connectivity index (χ1n) is 11.0. The molecule has 0 spiro atoms. The Morgan fingerprint density at radius 1 is 1.13 bits per heavy atom. The summed E-state index contributed by atoms with van der Waals surface area (Å²) in [5.41, 5.74) is 1.30. The fourth-order valence-corrected chi connectivity index (χ4v) is 5.41. The SMILES string of the molecule is CCN1CCN(c2ccc(S(=O)(=O)N(CC)CC)cc2NC(=O)C2COCCO2)CC1. The molecule has 2 saturated heterocycles. The molecular formula is C21H34N4O5S. The molecule has 2 aliphatic rings. The second-order valence-electron chi connectivity index (χ2n) is 7.61. The Bertz CT molecular complexity index is 845. The molecule has 0 saturated carbocycles. The summed E-state index contributed by atoms with van der Waals surface area (Å²) in [6.07, 6.45) is -0.707. The second-order valence-corrected chi connectivity index (χ2v) is 9.55. The Balaban J connectivity index is 1.91. The molecule has 1 atom stereocenters. The van der Waals surface area contributed by atoms with Crippen LogP contribution in [-0.4, -0.2) is 95.3 Å². The molecule has 174 valence electrons. The van der Waals surface area contributed by atoms with Crippen LogP contribution in [0.4, 0.5) is 11.4 Å². The van der Waals surface area contributed by atoms with Crippen LogP contribution in [0.5, 0.6) is 0 Å². The summed E-state index contributed by atoms with van der Waals surface area (Å²) in [6.45, 7) is 12.0. The number of anilines is 2. The Morgan fingerprint density at radius 3 is 2.42 bits per heavy atom. The van der Waals surface area contributed by atoms with Gasteiger partial charge in [-0.2, -0.15) is 4.31 Å². The molecule has 1 amide bonds. The van der Waals surface area contributed by atoms with Crippen LogP contribution >= 0.6 is 0 Å². The van der Waals surface area contributed by atoms with Gasteiger partial charge in [-0.05, 0) is 24.7 Å². The standard InChI is InChI=1S/C21H34N4O5S/c1-4-23-9-11-24(12-10-23)19-8-7-17(31(27,28)25(5-2)6-3)15-18(19)22-21(26)20-16-29-13-14-30-20/h7-8,15,20H,4-6,9-14,16H2,1-3H3,(H,22,26). The van der Waals surface area contributed by atoms with Gasteiger partial charge >= 0.3 is 0 Å². The molecule has 9 nitrogen and oxygen atoms in total. The number of nitrogens with one attached hydrogen (secondary N) is 1. The highest BCUT2D eigenvalue weighted by atomic mass is 32.2. The van der Waals surface area contributed by atoms with Crippen molar-refractivity contribution in [3.05, 3.63) is 18.2 Å². The highest BCUT2D eigenvalue weighted by Gasteiger charge is 2.28. The van der Waals surface area contributed by atoms with E-state index >= 15 is 0 Å². The van der Waals surface area contributed by atoms with Crippen molar-refractivity contribution in [2.75, 3.05) is 75.9 Å². The lowest BCUT2D eigenvalue weighted by atomic mass is 10.2. The Morgan fingerprint density at radius 2 is 1.84 bits per heavy atom. The summed E-state index contributed by atoms with van der Waals surface area (Å²) < 4.78 is 38.4. The van der Waals surface area contributed by atoms with Crippen LogP contribution in [0.1, 0.15) is 20.8 Å². The third kappa shape index (κ3) is 5.56. The van der Waals surface area contributed by atoms with E-state index in [9.17, 15) is 13.2 Å². The zero-order valence-electron chi connectivity index (χ0n) is 18.7. The van der Waals surface area contributed by atoms with Crippen LogP contribution in [0.2, 0.25) is 0 Å². The number of hydrogen-bond donors (Lipinski definition) is 1. The van der Waals surface area contributed by atoms with Crippen molar-refractivity contribution in [2.45, 2.75) is 31.8 Å². The number of carbonyl (C=O) groups excluding carboxylic acids is 1. The molecule has 1 aromatic carbocycles. The molecule has 2 heterocycles. The molecule has 0 aromatic heterocycles. The molecule has 2 aliphatic heterocycles. The summed E-state index contributed by atoms with van der Waals surface area (Å²) in [7, 11) is -3.65. The maximum atomic E-state index is 13.1. The zero-order valence-corrected chi connectivity index (χ0v) is 19.5. The van der Waals surface area contributed by atoms with Crippen LogP contribution in [0.25, 0.3) is 0 Å². The molecule has 10 heteroatoms. The molecule has 1 N–H and O–H groups in total. The number of amides is 1. The van der Waals surface area contributed by atoms with Crippen LogP contribution < -0.4 is 10.2 Å². The number of rotatable bonds is 8. The molecule has 0 aliphatic carbocycles. The van der Waals surface area contributed by atoms with Crippen LogP contribution in [0, 0.1) is 0 Å². The maximum absolute atomic E-state index is 13.1. The predicted molar refractivity (Wildman–Crippen MR) is 120 cm³/mol. The van der Waals surface area contributed by atoms with Gasteiger partial charge in [0.1, 0.15) is 0 Å². The second kappa shape index (κ2) is 10.7. The van der Waals surface area contributed by atoms with Gasteiger partial charge in [0, 0.05) is 39.3 Å². The van der Waals surface area contributed by atoms with E-state index < -0.39 is 16.1 Å². The van der Waals surface area contributed by atoms with Gasteiger partial charge in [0.15, 0.2) is 6.10 Å². The average molecular weight is 455 g/mol. The van der Waals surface area contributed by atoms with Gasteiger partial charge in [-0.15, -0.1) is 0 Å². The number of piperazine rings is 1. The number of likely N-dealkylation sites (N-methyl/N-ethyl adjacent to an activating group) is 1. The van der Waals surface area contributed by atoms with E-state index in [2.05, 4.69) is 22.0 Å². The van der Waals surface area contributed by atoms with Crippen LogP contribution in [0.15, 0.2) is 23.1 Å². The minimum Gasteiger partial charge on any atom is -0.376 e. The highest BCUT2D eigenvalue weighted by molar-refractivity contribution is 7.89. The molecular weight excluding hydrogens is 420 g/mol. The van der Waals surface area contributed by atoms with Gasteiger partial charge < -0.3 is 24.6 Å². The Hall–Kier alpha value is -1.72. The summed E-state index contributed by atoms with van der Waals surface area (Å²) in [5.74, 6) is -0.328. The topological polar surface area (TPSA) is 91.4 Å². The van der Waals surface area contributed by atoms with Crippen molar-refractivity contribution in [1.82, 2.24) is 9.21 Å². The normalized spacial score (nSPS) is 20.8. The minimum atomic E-state index is -3.65. The quantitative estimate of drug-likeness (QED) is 0.631. The summed E-state index contributed by atoms with van der Waals surface area (Å²) >= 11 is 0. The number of hydrogen-bond acceptors (Lipinski definition) is 7. The molecule has 0 bridgehead atoms. The first kappa shape index (κ1) is 23.9. The fourth-order valence-electron chi connectivity index (χ4n) is 3.92. The zero-order chi connectivity index (χ0) is 22.4. The van der Waals surface area contributed by atoms with E-state index in [4.69, 9.17) is 9.47 Å². The third-order valence-electron chi connectivity index (χ3n) is 5.84. The minimum absolute atomic E-state index is 0.170. The van der Waals surface area contributed by atoms with Gasteiger partial charge in [-0.1, -0.05) is 20.8 Å². The van der Waals surface area contributed by atoms with E-state index in [0.29, 0.717) is 32.0 Å². The van der Waals surface area contributed by atoms with E-state index in [1.165, 1.54) is 4.31 Å². The number of ether oxygens (including phenoxy) is 2. The van der Waals surface area contributed by atoms with Crippen molar-refractivity contribution in [2.24, 2.45) is 0 Å². The van der Waals surface area contributed by atoms with Gasteiger partial charge in [0.05, 0.1) is 36.1 Å². The van der Waals surface area contributed by atoms with Crippen molar-refractivity contribution < 1.29 is 22.7 Å². The largest absolute Gasteiger partial charge is 0.376 e. The lowest BCUT2D eigenvalue weighted by Gasteiger charge is -2.36. The monoisotopic (exact) mass is 454 g/mol. The lowest BCUT2D eigenvalue weighted by molar-refractivity contribution is -0.142. The van der Waals surface area contributed by atoms with E-state index in [1.807, 2.05) is 13.8 Å². The third-order valence-corrected chi connectivity index (χ3v) is 7.88. The number of benzene rings is 1. The maximum Gasteiger partial charge on any atom is 0.255 e. The van der Waals surface area contributed by atoms with Crippen LogP contribution in [0.3, 0.4) is 0 Å². The predicted octanol–water partition coefficient (Wildman–Crippen LogP) is 1.21. The van der Waals surface area contributed by atoms with Crippen molar-refractivity contribution in [3.63, 3.8) is 0 Å². The van der Waals surface area contributed by atoms with Gasteiger partial charge in [0.2, 0.25) is 10.0 Å². The van der Waals surface area contributed by atoms with Gasteiger partial charge in [-0.3, -0.25) is 4.79 Å². The fraction of sp³-hybridized carbons (Fsp3) is 0.667. The Labute approximate surface area is 185 Å². The molecule has 0 radical (unpaired) electrons.